The van der Waals surface area contributed by atoms with Crippen LogP contribution >= 0.6 is 0 Å². The number of para-hydroxylation sites is 1. The molecular formula is C22H25N3O5. The Bertz CT molecular complexity index is 916. The van der Waals surface area contributed by atoms with Gasteiger partial charge < -0.3 is 18.9 Å². The standard InChI is InChI=1S/C22H25N3O5/c1-27-18-8-9-21(28-2)19(14-18)22(26)20(25-16-23-15-24-25)10-11-29-12-13-30-17-6-4-3-5-7-17/h3-9,14-16,20H,10-13H2,1-2H3. The van der Waals surface area contributed by atoms with Crippen LogP contribution in [0, 0.1) is 0 Å². The van der Waals surface area contributed by atoms with E-state index in [0.717, 1.165) is 5.75 Å². The number of carbonyl (C=O) groups excluding carboxylic acids is 1. The molecule has 1 atom stereocenters. The van der Waals surface area contributed by atoms with E-state index in [0.29, 0.717) is 43.3 Å². The molecular weight excluding hydrogens is 386 g/mol. The Kier molecular flexibility index (Phi) is 7.79. The van der Waals surface area contributed by atoms with Gasteiger partial charge in [0.05, 0.1) is 26.4 Å². The third kappa shape index (κ3) is 5.57. The second-order valence-electron chi connectivity index (χ2n) is 6.38. The molecule has 1 unspecified atom stereocenters. The summed E-state index contributed by atoms with van der Waals surface area (Å²) in [6, 6.07) is 14.1. The fourth-order valence-electron chi connectivity index (χ4n) is 2.98. The summed E-state index contributed by atoms with van der Waals surface area (Å²) in [5.41, 5.74) is 0.421. The molecule has 0 radical (unpaired) electrons. The Morgan fingerprint density at radius 3 is 2.53 bits per heavy atom. The lowest BCUT2D eigenvalue weighted by Crippen LogP contribution is -2.23. The largest absolute Gasteiger partial charge is 0.497 e. The summed E-state index contributed by atoms with van der Waals surface area (Å²) < 4.78 is 23.4. The van der Waals surface area contributed by atoms with E-state index in [9.17, 15) is 4.79 Å². The molecule has 8 nitrogen and oxygen atoms in total. The number of benzene rings is 2. The first-order valence-electron chi connectivity index (χ1n) is 9.59. The molecule has 1 aromatic heterocycles. The maximum absolute atomic E-state index is 13.3. The summed E-state index contributed by atoms with van der Waals surface area (Å²) in [5.74, 6) is 1.69. The van der Waals surface area contributed by atoms with Gasteiger partial charge in [-0.05, 0) is 30.3 Å². The van der Waals surface area contributed by atoms with Crippen molar-refractivity contribution < 1.29 is 23.7 Å². The molecule has 0 N–H and O–H groups in total. The van der Waals surface area contributed by atoms with Gasteiger partial charge >= 0.3 is 0 Å². The molecule has 0 aliphatic carbocycles. The zero-order chi connectivity index (χ0) is 21.2. The predicted octanol–water partition coefficient (Wildman–Crippen LogP) is 3.21. The summed E-state index contributed by atoms with van der Waals surface area (Å²) >= 11 is 0. The number of methoxy groups -OCH3 is 2. The molecule has 3 aromatic rings. The Hall–Kier alpha value is -3.39. The van der Waals surface area contributed by atoms with Crippen molar-refractivity contribution in [3.63, 3.8) is 0 Å². The minimum absolute atomic E-state index is 0.152. The molecule has 3 rings (SSSR count). The van der Waals surface area contributed by atoms with Crippen LogP contribution in [0.25, 0.3) is 0 Å². The number of hydrogen-bond acceptors (Lipinski definition) is 7. The Morgan fingerprint density at radius 1 is 1.00 bits per heavy atom. The fourth-order valence-corrected chi connectivity index (χ4v) is 2.98. The highest BCUT2D eigenvalue weighted by molar-refractivity contribution is 6.01. The molecule has 1 heterocycles. The SMILES string of the molecule is COc1ccc(OC)c(C(=O)C(CCOCCOc2ccccc2)n2cncn2)c1. The van der Waals surface area contributed by atoms with Crippen LogP contribution in [-0.2, 0) is 4.74 Å². The average Bonchev–Trinajstić information content (AvgIpc) is 3.33. The van der Waals surface area contributed by atoms with Crippen molar-refractivity contribution in [1.29, 1.82) is 0 Å². The van der Waals surface area contributed by atoms with E-state index < -0.39 is 6.04 Å². The lowest BCUT2D eigenvalue weighted by molar-refractivity contribution is 0.0759. The summed E-state index contributed by atoms with van der Waals surface area (Å²) in [7, 11) is 3.08. The van der Waals surface area contributed by atoms with Crippen LogP contribution in [0.1, 0.15) is 22.8 Å². The van der Waals surface area contributed by atoms with Crippen LogP contribution in [0.3, 0.4) is 0 Å². The molecule has 0 saturated heterocycles. The van der Waals surface area contributed by atoms with Gasteiger partial charge in [0.2, 0.25) is 0 Å². The number of ether oxygens (including phenoxy) is 4. The van der Waals surface area contributed by atoms with E-state index in [1.165, 1.54) is 24.4 Å². The lowest BCUT2D eigenvalue weighted by atomic mass is 10.0. The number of carbonyl (C=O) groups is 1. The van der Waals surface area contributed by atoms with Gasteiger partial charge in [0.15, 0.2) is 5.78 Å². The molecule has 0 saturated carbocycles. The van der Waals surface area contributed by atoms with Crippen molar-refractivity contribution in [3.05, 3.63) is 66.7 Å². The van der Waals surface area contributed by atoms with Gasteiger partial charge in [0.1, 0.15) is 42.6 Å². The van der Waals surface area contributed by atoms with E-state index >= 15 is 0 Å². The summed E-state index contributed by atoms with van der Waals surface area (Å²) in [4.78, 5) is 17.3. The van der Waals surface area contributed by atoms with Gasteiger partial charge in [-0.2, -0.15) is 5.10 Å². The monoisotopic (exact) mass is 411 g/mol. The summed E-state index contributed by atoms with van der Waals surface area (Å²) in [5, 5.41) is 4.15. The highest BCUT2D eigenvalue weighted by Gasteiger charge is 2.26. The molecule has 0 aliphatic rings. The van der Waals surface area contributed by atoms with Gasteiger partial charge in [-0.25, -0.2) is 9.67 Å². The van der Waals surface area contributed by atoms with E-state index in [1.54, 1.807) is 25.3 Å². The third-order valence-electron chi connectivity index (χ3n) is 4.51. The maximum atomic E-state index is 13.3. The zero-order valence-corrected chi connectivity index (χ0v) is 17.1. The Morgan fingerprint density at radius 2 is 1.83 bits per heavy atom. The van der Waals surface area contributed by atoms with Crippen molar-refractivity contribution in [2.45, 2.75) is 12.5 Å². The number of rotatable bonds is 12. The number of nitrogens with zero attached hydrogens (tertiary/aromatic N) is 3. The van der Waals surface area contributed by atoms with Gasteiger partial charge in [-0.3, -0.25) is 4.79 Å². The molecule has 0 bridgehead atoms. The predicted molar refractivity (Wildman–Crippen MR) is 110 cm³/mol. The summed E-state index contributed by atoms with van der Waals surface area (Å²) in [6.07, 6.45) is 3.35. The second kappa shape index (κ2) is 11.0. The lowest BCUT2D eigenvalue weighted by Gasteiger charge is -2.18. The zero-order valence-electron chi connectivity index (χ0n) is 17.1. The Labute approximate surface area is 175 Å². The van der Waals surface area contributed by atoms with E-state index in [1.807, 2.05) is 30.3 Å². The molecule has 0 spiro atoms. The van der Waals surface area contributed by atoms with Crippen LogP contribution in [0.2, 0.25) is 0 Å². The molecule has 0 amide bonds. The van der Waals surface area contributed by atoms with Crippen LogP contribution in [-0.4, -0.2) is 54.6 Å². The second-order valence-corrected chi connectivity index (χ2v) is 6.38. The molecule has 0 fully saturated rings. The van der Waals surface area contributed by atoms with Crippen molar-refractivity contribution in [2.75, 3.05) is 34.0 Å². The topological polar surface area (TPSA) is 84.7 Å². The molecule has 30 heavy (non-hydrogen) atoms. The van der Waals surface area contributed by atoms with Crippen molar-refractivity contribution >= 4 is 5.78 Å². The maximum Gasteiger partial charge on any atom is 0.191 e. The molecule has 2 aromatic carbocycles. The smallest absolute Gasteiger partial charge is 0.191 e. The number of hydrogen-bond donors (Lipinski definition) is 0. The van der Waals surface area contributed by atoms with Crippen molar-refractivity contribution in [2.24, 2.45) is 0 Å². The van der Waals surface area contributed by atoms with Gasteiger partial charge in [0.25, 0.3) is 0 Å². The first kappa shape index (κ1) is 21.3. The average molecular weight is 411 g/mol. The number of Topliss-reactive ketones (excluding diaryl/α,β-unsaturated/α-hetero) is 1. The highest BCUT2D eigenvalue weighted by atomic mass is 16.5. The van der Waals surface area contributed by atoms with Crippen molar-refractivity contribution in [3.8, 4) is 17.2 Å². The molecule has 158 valence electrons. The first-order chi connectivity index (χ1) is 14.7. The molecule has 0 aliphatic heterocycles. The van der Waals surface area contributed by atoms with E-state index in [-0.39, 0.29) is 5.78 Å². The molecule has 8 heteroatoms. The number of ketones is 1. The van der Waals surface area contributed by atoms with Gasteiger partial charge in [0, 0.05) is 13.0 Å². The number of aromatic nitrogens is 3. The third-order valence-corrected chi connectivity index (χ3v) is 4.51. The normalized spacial score (nSPS) is 11.7. The van der Waals surface area contributed by atoms with Gasteiger partial charge in [-0.15, -0.1) is 0 Å². The van der Waals surface area contributed by atoms with Crippen LogP contribution < -0.4 is 14.2 Å². The highest BCUT2D eigenvalue weighted by Crippen LogP contribution is 2.28. The fraction of sp³-hybridized carbons (Fsp3) is 0.318. The van der Waals surface area contributed by atoms with E-state index in [4.69, 9.17) is 18.9 Å². The quantitative estimate of drug-likeness (QED) is 0.334. The minimum atomic E-state index is -0.580. The van der Waals surface area contributed by atoms with Crippen molar-refractivity contribution in [1.82, 2.24) is 14.8 Å². The van der Waals surface area contributed by atoms with Crippen LogP contribution in [0.5, 0.6) is 17.2 Å². The van der Waals surface area contributed by atoms with E-state index in [2.05, 4.69) is 10.1 Å². The van der Waals surface area contributed by atoms with Crippen LogP contribution in [0.4, 0.5) is 0 Å². The summed E-state index contributed by atoms with van der Waals surface area (Å²) in [6.45, 7) is 1.20. The first-order valence-corrected chi connectivity index (χ1v) is 9.59. The minimum Gasteiger partial charge on any atom is -0.497 e. The van der Waals surface area contributed by atoms with Crippen LogP contribution in [0.15, 0.2) is 61.2 Å². The Balaban J connectivity index is 1.61. The van der Waals surface area contributed by atoms with Gasteiger partial charge in [-0.1, -0.05) is 18.2 Å².